The molecule has 1 heterocycles. The van der Waals surface area contributed by atoms with Crippen LogP contribution in [0.15, 0.2) is 18.2 Å². The Hall–Kier alpha value is -0.810. The molecule has 0 unspecified atom stereocenters. The molecule has 1 aliphatic rings. The molecule has 1 fully saturated rings. The van der Waals surface area contributed by atoms with Gasteiger partial charge < -0.3 is 15.0 Å². The number of piperidine rings is 1. The molecular weight excluding hydrogens is 323 g/mol. The third-order valence-corrected chi connectivity index (χ3v) is 4.96. The number of rotatable bonds is 5. The highest BCUT2D eigenvalue weighted by Crippen LogP contribution is 2.27. The Morgan fingerprint density at radius 1 is 1.32 bits per heavy atom. The van der Waals surface area contributed by atoms with E-state index in [0.29, 0.717) is 36.0 Å². The summed E-state index contributed by atoms with van der Waals surface area (Å²) in [5.41, 5.74) is 0.252. The van der Waals surface area contributed by atoms with Gasteiger partial charge in [-0.1, -0.05) is 29.3 Å². The van der Waals surface area contributed by atoms with Crippen molar-refractivity contribution in [1.82, 2.24) is 10.2 Å². The van der Waals surface area contributed by atoms with E-state index in [2.05, 4.69) is 5.32 Å². The number of nitrogens with one attached hydrogen (secondary N) is 1. The van der Waals surface area contributed by atoms with E-state index in [1.54, 1.807) is 13.2 Å². The lowest BCUT2D eigenvalue weighted by atomic mass is 9.90. The van der Waals surface area contributed by atoms with Crippen molar-refractivity contribution in [2.45, 2.75) is 31.9 Å². The molecule has 1 N–H and O–H groups in total. The second kappa shape index (κ2) is 7.64. The molecule has 0 aromatic heterocycles. The number of ether oxygens (including phenoxy) is 1. The lowest BCUT2D eigenvalue weighted by Gasteiger charge is -2.38. The van der Waals surface area contributed by atoms with E-state index in [9.17, 15) is 4.79 Å². The topological polar surface area (TPSA) is 41.6 Å². The fraction of sp³-hybridized carbons (Fsp3) is 0.562. The summed E-state index contributed by atoms with van der Waals surface area (Å²) in [6.45, 7) is 4.69. The van der Waals surface area contributed by atoms with Crippen LogP contribution in [0.4, 0.5) is 0 Å². The van der Waals surface area contributed by atoms with E-state index in [0.717, 1.165) is 18.7 Å². The van der Waals surface area contributed by atoms with E-state index in [4.69, 9.17) is 27.9 Å². The third-order valence-electron chi connectivity index (χ3n) is 4.22. The fourth-order valence-corrected chi connectivity index (χ4v) is 3.13. The van der Waals surface area contributed by atoms with Gasteiger partial charge in [-0.3, -0.25) is 4.79 Å². The number of hydrogen-bond acceptors (Lipinski definition) is 3. The zero-order valence-electron chi connectivity index (χ0n) is 13.0. The van der Waals surface area contributed by atoms with Crippen LogP contribution in [0.2, 0.25) is 10.0 Å². The van der Waals surface area contributed by atoms with Gasteiger partial charge in [0.1, 0.15) is 5.60 Å². The van der Waals surface area contributed by atoms with Crippen molar-refractivity contribution in [2.75, 3.05) is 26.7 Å². The van der Waals surface area contributed by atoms with Crippen LogP contribution in [-0.2, 0) is 16.1 Å². The second-order valence-electron chi connectivity index (χ2n) is 5.52. The maximum absolute atomic E-state index is 13.0. The quantitative estimate of drug-likeness (QED) is 0.892. The first kappa shape index (κ1) is 17.5. The van der Waals surface area contributed by atoms with E-state index in [-0.39, 0.29) is 5.91 Å². The highest BCUT2D eigenvalue weighted by atomic mass is 35.5. The van der Waals surface area contributed by atoms with Crippen molar-refractivity contribution in [3.05, 3.63) is 33.8 Å². The Labute approximate surface area is 141 Å². The van der Waals surface area contributed by atoms with Crippen molar-refractivity contribution in [3.8, 4) is 0 Å². The zero-order chi connectivity index (χ0) is 16.2. The van der Waals surface area contributed by atoms with E-state index < -0.39 is 5.60 Å². The summed E-state index contributed by atoms with van der Waals surface area (Å²) in [5.74, 6) is 0.0464. The van der Waals surface area contributed by atoms with Crippen LogP contribution in [0.1, 0.15) is 25.3 Å². The van der Waals surface area contributed by atoms with E-state index >= 15 is 0 Å². The van der Waals surface area contributed by atoms with Gasteiger partial charge in [-0.25, -0.2) is 0 Å². The monoisotopic (exact) mass is 344 g/mol. The maximum Gasteiger partial charge on any atom is 0.255 e. The molecule has 1 aromatic carbocycles. The Morgan fingerprint density at radius 2 is 2.00 bits per heavy atom. The molecule has 0 aliphatic carbocycles. The minimum absolute atomic E-state index is 0.0464. The number of benzene rings is 1. The predicted octanol–water partition coefficient (Wildman–Crippen LogP) is 3.11. The Bertz CT molecular complexity index is 531. The molecule has 1 saturated heterocycles. The van der Waals surface area contributed by atoms with Gasteiger partial charge in [-0.05, 0) is 50.6 Å². The summed E-state index contributed by atoms with van der Waals surface area (Å²) in [6.07, 6.45) is 1.39. The van der Waals surface area contributed by atoms with Crippen LogP contribution >= 0.6 is 23.2 Å². The number of halogens is 2. The molecule has 22 heavy (non-hydrogen) atoms. The average molecular weight is 345 g/mol. The number of hydrogen-bond donors (Lipinski definition) is 1. The first-order valence-electron chi connectivity index (χ1n) is 7.51. The van der Waals surface area contributed by atoms with Gasteiger partial charge in [0.15, 0.2) is 0 Å². The second-order valence-corrected chi connectivity index (χ2v) is 6.33. The van der Waals surface area contributed by atoms with Crippen molar-refractivity contribution in [3.63, 3.8) is 0 Å². The molecule has 6 heteroatoms. The first-order chi connectivity index (χ1) is 10.5. The van der Waals surface area contributed by atoms with Crippen molar-refractivity contribution in [2.24, 2.45) is 0 Å². The number of carbonyl (C=O) groups excluding carboxylic acids is 1. The van der Waals surface area contributed by atoms with E-state index in [1.165, 1.54) is 0 Å². The van der Waals surface area contributed by atoms with Gasteiger partial charge in [-0.15, -0.1) is 0 Å². The normalized spacial score (nSPS) is 17.3. The summed E-state index contributed by atoms with van der Waals surface area (Å²) in [5, 5.41) is 4.29. The molecule has 122 valence electrons. The summed E-state index contributed by atoms with van der Waals surface area (Å²) in [4.78, 5) is 14.8. The molecule has 1 amide bonds. The number of amides is 1. The Kier molecular flexibility index (Phi) is 6.09. The smallest absolute Gasteiger partial charge is 0.255 e. The van der Waals surface area contributed by atoms with Crippen molar-refractivity contribution < 1.29 is 9.53 Å². The van der Waals surface area contributed by atoms with Crippen LogP contribution in [-0.4, -0.2) is 43.2 Å². The van der Waals surface area contributed by atoms with Gasteiger partial charge >= 0.3 is 0 Å². The molecule has 0 radical (unpaired) electrons. The van der Waals surface area contributed by atoms with Gasteiger partial charge in [0, 0.05) is 20.2 Å². The standard InChI is InChI=1S/C16H22Cl2N2O2/c1-3-20(11-12-4-5-13(17)14(18)10-12)15(21)16(22-2)6-8-19-9-7-16/h4-5,10,19H,3,6-9,11H2,1-2H3. The molecule has 0 atom stereocenters. The van der Waals surface area contributed by atoms with Crippen LogP contribution in [0.5, 0.6) is 0 Å². The Balaban J connectivity index is 2.15. The molecule has 0 bridgehead atoms. The van der Waals surface area contributed by atoms with Gasteiger partial charge in [0.05, 0.1) is 10.0 Å². The highest BCUT2D eigenvalue weighted by Gasteiger charge is 2.42. The third kappa shape index (κ3) is 3.74. The molecule has 4 nitrogen and oxygen atoms in total. The lowest BCUT2D eigenvalue weighted by Crippen LogP contribution is -2.55. The molecular formula is C16H22Cl2N2O2. The largest absolute Gasteiger partial charge is 0.368 e. The van der Waals surface area contributed by atoms with Crippen LogP contribution < -0.4 is 5.32 Å². The average Bonchev–Trinajstić information content (AvgIpc) is 2.55. The van der Waals surface area contributed by atoms with Crippen LogP contribution in [0.3, 0.4) is 0 Å². The van der Waals surface area contributed by atoms with Crippen molar-refractivity contribution in [1.29, 1.82) is 0 Å². The first-order valence-corrected chi connectivity index (χ1v) is 8.27. The van der Waals surface area contributed by atoms with Crippen molar-refractivity contribution >= 4 is 29.1 Å². The molecule has 0 saturated carbocycles. The molecule has 0 spiro atoms. The molecule has 1 aliphatic heterocycles. The summed E-state index contributed by atoms with van der Waals surface area (Å²) in [6, 6.07) is 5.46. The van der Waals surface area contributed by atoms with Gasteiger partial charge in [0.2, 0.25) is 0 Å². The zero-order valence-corrected chi connectivity index (χ0v) is 14.5. The summed E-state index contributed by atoms with van der Waals surface area (Å²) >= 11 is 12.0. The fourth-order valence-electron chi connectivity index (χ4n) is 2.81. The van der Waals surface area contributed by atoms with Crippen LogP contribution in [0, 0.1) is 0 Å². The summed E-state index contributed by atoms with van der Waals surface area (Å²) in [7, 11) is 1.62. The molecule has 2 rings (SSSR count). The number of likely N-dealkylation sites (N-methyl/N-ethyl adjacent to an activating group) is 1. The number of carbonyl (C=O) groups is 1. The molecule has 1 aromatic rings. The number of nitrogens with zero attached hydrogens (tertiary/aromatic N) is 1. The SMILES string of the molecule is CCN(Cc1ccc(Cl)c(Cl)c1)C(=O)C1(OC)CCNCC1. The number of methoxy groups -OCH3 is 1. The summed E-state index contributed by atoms with van der Waals surface area (Å²) < 4.78 is 5.63. The predicted molar refractivity (Wildman–Crippen MR) is 89.4 cm³/mol. The van der Waals surface area contributed by atoms with E-state index in [1.807, 2.05) is 24.0 Å². The van der Waals surface area contributed by atoms with Crippen LogP contribution in [0.25, 0.3) is 0 Å². The minimum Gasteiger partial charge on any atom is -0.368 e. The Morgan fingerprint density at radius 3 is 2.55 bits per heavy atom. The van der Waals surface area contributed by atoms with Gasteiger partial charge in [-0.2, -0.15) is 0 Å². The minimum atomic E-state index is -0.711. The lowest BCUT2D eigenvalue weighted by molar-refractivity contribution is -0.158. The van der Waals surface area contributed by atoms with Gasteiger partial charge in [0.25, 0.3) is 5.91 Å². The highest BCUT2D eigenvalue weighted by molar-refractivity contribution is 6.42. The maximum atomic E-state index is 13.0.